The van der Waals surface area contributed by atoms with Gasteiger partial charge >= 0.3 is 10.2 Å². The van der Waals surface area contributed by atoms with Crippen LogP contribution in [-0.4, -0.2) is 37.7 Å². The van der Waals surface area contributed by atoms with E-state index in [4.69, 9.17) is 16.3 Å². The highest BCUT2D eigenvalue weighted by atomic mass is 35.5. The van der Waals surface area contributed by atoms with Crippen LogP contribution in [0.5, 0.6) is 11.5 Å². The van der Waals surface area contributed by atoms with Gasteiger partial charge < -0.3 is 9.72 Å². The summed E-state index contributed by atoms with van der Waals surface area (Å²) in [6.07, 6.45) is 1.73. The van der Waals surface area contributed by atoms with Gasteiger partial charge in [-0.1, -0.05) is 17.7 Å². The fraction of sp³-hybridized carbons (Fsp3) is 0.118. The number of benzene rings is 2. The number of hydrogen-bond donors (Lipinski definition) is 2. The molecule has 0 aliphatic carbocycles. The van der Waals surface area contributed by atoms with Crippen molar-refractivity contribution in [1.82, 2.24) is 14.0 Å². The number of rotatable bonds is 5. The minimum atomic E-state index is -4.06. The number of aromatic amines is 1. The highest BCUT2D eigenvalue weighted by Crippen LogP contribution is 2.35. The van der Waals surface area contributed by atoms with E-state index in [9.17, 15) is 17.6 Å². The van der Waals surface area contributed by atoms with Gasteiger partial charge in [0, 0.05) is 37.3 Å². The third-order valence-corrected chi connectivity index (χ3v) is 5.44. The molecule has 0 radical (unpaired) electrons. The lowest BCUT2D eigenvalue weighted by Gasteiger charge is -2.14. The molecule has 142 valence electrons. The zero-order chi connectivity index (χ0) is 19.8. The molecule has 7 nitrogen and oxygen atoms in total. The SMILES string of the molecule is CN(C)S(=O)(=O)NC(=O)c1cc(Cl)c(Oc2cccc3[nH]ccc23)cc1F. The molecule has 0 spiro atoms. The first kappa shape index (κ1) is 19.2. The number of halogens is 2. The summed E-state index contributed by atoms with van der Waals surface area (Å²) < 4.78 is 46.1. The van der Waals surface area contributed by atoms with Crippen molar-refractivity contribution in [2.45, 2.75) is 0 Å². The molecule has 1 heterocycles. The van der Waals surface area contributed by atoms with Crippen LogP contribution in [0.15, 0.2) is 42.6 Å². The average molecular weight is 412 g/mol. The molecule has 0 atom stereocenters. The molecule has 1 amide bonds. The predicted molar refractivity (Wildman–Crippen MR) is 99.9 cm³/mol. The molecule has 2 aromatic carbocycles. The van der Waals surface area contributed by atoms with Gasteiger partial charge in [-0.15, -0.1) is 0 Å². The second-order valence-corrected chi connectivity index (χ2v) is 8.07. The van der Waals surface area contributed by atoms with E-state index in [0.717, 1.165) is 27.3 Å². The summed E-state index contributed by atoms with van der Waals surface area (Å²) in [7, 11) is -1.60. The van der Waals surface area contributed by atoms with Crippen LogP contribution in [0.25, 0.3) is 10.9 Å². The summed E-state index contributed by atoms with van der Waals surface area (Å²) >= 11 is 6.11. The number of nitrogens with one attached hydrogen (secondary N) is 2. The van der Waals surface area contributed by atoms with Gasteiger partial charge in [-0.3, -0.25) is 4.79 Å². The van der Waals surface area contributed by atoms with Crippen LogP contribution in [0, 0.1) is 5.82 Å². The summed E-state index contributed by atoms with van der Waals surface area (Å²) in [6.45, 7) is 0. The fourth-order valence-corrected chi connectivity index (χ4v) is 3.04. The Hall–Kier alpha value is -2.62. The second-order valence-electron chi connectivity index (χ2n) is 5.78. The third-order valence-electron chi connectivity index (χ3n) is 3.74. The quantitative estimate of drug-likeness (QED) is 0.674. The van der Waals surface area contributed by atoms with E-state index < -0.39 is 27.5 Å². The monoisotopic (exact) mass is 411 g/mol. The van der Waals surface area contributed by atoms with Crippen molar-refractivity contribution in [3.8, 4) is 11.5 Å². The molecule has 0 aliphatic heterocycles. The number of carbonyl (C=O) groups excluding carboxylic acids is 1. The number of carbonyl (C=O) groups is 1. The smallest absolute Gasteiger partial charge is 0.303 e. The van der Waals surface area contributed by atoms with E-state index in [0.29, 0.717) is 5.75 Å². The van der Waals surface area contributed by atoms with Crippen LogP contribution in [0.4, 0.5) is 4.39 Å². The highest BCUT2D eigenvalue weighted by molar-refractivity contribution is 7.87. The minimum Gasteiger partial charge on any atom is -0.455 e. The zero-order valence-corrected chi connectivity index (χ0v) is 15.9. The summed E-state index contributed by atoms with van der Waals surface area (Å²) in [5.41, 5.74) is 0.312. The van der Waals surface area contributed by atoms with Crippen LogP contribution in [0.2, 0.25) is 5.02 Å². The van der Waals surface area contributed by atoms with E-state index in [-0.39, 0.29) is 10.8 Å². The van der Waals surface area contributed by atoms with Gasteiger partial charge in [0.15, 0.2) is 0 Å². The molecular weight excluding hydrogens is 397 g/mol. The first-order valence-corrected chi connectivity index (χ1v) is 9.48. The number of H-pyrrole nitrogens is 1. The molecule has 27 heavy (non-hydrogen) atoms. The molecule has 0 aliphatic rings. The van der Waals surface area contributed by atoms with E-state index >= 15 is 0 Å². The maximum absolute atomic E-state index is 14.4. The molecule has 2 N–H and O–H groups in total. The molecule has 0 saturated carbocycles. The molecular formula is C17H15ClFN3O4S. The van der Waals surface area contributed by atoms with E-state index in [1.165, 1.54) is 14.1 Å². The van der Waals surface area contributed by atoms with Crippen LogP contribution in [-0.2, 0) is 10.2 Å². The van der Waals surface area contributed by atoms with Crippen molar-refractivity contribution in [3.05, 3.63) is 59.0 Å². The first-order valence-electron chi connectivity index (χ1n) is 7.66. The maximum atomic E-state index is 14.4. The number of ether oxygens (including phenoxy) is 1. The number of amides is 1. The highest BCUT2D eigenvalue weighted by Gasteiger charge is 2.22. The van der Waals surface area contributed by atoms with E-state index in [2.05, 4.69) is 4.98 Å². The normalized spacial score (nSPS) is 11.7. The lowest BCUT2D eigenvalue weighted by atomic mass is 10.2. The Labute approximate surface area is 159 Å². The van der Waals surface area contributed by atoms with Crippen LogP contribution in [0.3, 0.4) is 0 Å². The lowest BCUT2D eigenvalue weighted by Crippen LogP contribution is -2.39. The Bertz CT molecular complexity index is 1130. The van der Waals surface area contributed by atoms with E-state index in [1.807, 2.05) is 6.07 Å². The van der Waals surface area contributed by atoms with Crippen molar-refractivity contribution >= 4 is 38.6 Å². The van der Waals surface area contributed by atoms with Crippen LogP contribution >= 0.6 is 11.6 Å². The molecule has 3 aromatic rings. The van der Waals surface area contributed by atoms with Crippen molar-refractivity contribution in [1.29, 1.82) is 0 Å². The number of nitrogens with zero attached hydrogens (tertiary/aromatic N) is 1. The second kappa shape index (κ2) is 7.18. The summed E-state index contributed by atoms with van der Waals surface area (Å²) in [5.74, 6) is -1.66. The summed E-state index contributed by atoms with van der Waals surface area (Å²) in [4.78, 5) is 15.1. The number of fused-ring (bicyclic) bond motifs is 1. The van der Waals surface area contributed by atoms with Gasteiger partial charge in [-0.25, -0.2) is 9.11 Å². The summed E-state index contributed by atoms with van der Waals surface area (Å²) in [6, 6.07) is 9.04. The Morgan fingerprint density at radius 2 is 1.96 bits per heavy atom. The molecule has 3 rings (SSSR count). The van der Waals surface area contributed by atoms with Crippen molar-refractivity contribution in [3.63, 3.8) is 0 Å². The molecule has 0 saturated heterocycles. The van der Waals surface area contributed by atoms with Crippen LogP contribution in [0.1, 0.15) is 10.4 Å². The topological polar surface area (TPSA) is 91.5 Å². The number of aromatic nitrogens is 1. The molecule has 0 unspecified atom stereocenters. The van der Waals surface area contributed by atoms with Gasteiger partial charge in [-0.2, -0.15) is 12.7 Å². The third kappa shape index (κ3) is 3.90. The molecule has 1 aromatic heterocycles. The Balaban J connectivity index is 1.91. The summed E-state index contributed by atoms with van der Waals surface area (Å²) in [5, 5.41) is 0.726. The Morgan fingerprint density at radius 1 is 1.22 bits per heavy atom. The number of hydrogen-bond acceptors (Lipinski definition) is 4. The zero-order valence-electron chi connectivity index (χ0n) is 14.3. The largest absolute Gasteiger partial charge is 0.455 e. The average Bonchev–Trinajstić information content (AvgIpc) is 3.07. The van der Waals surface area contributed by atoms with Crippen molar-refractivity contribution in [2.24, 2.45) is 0 Å². The predicted octanol–water partition coefficient (Wildman–Crippen LogP) is 3.29. The van der Waals surface area contributed by atoms with Crippen molar-refractivity contribution in [2.75, 3.05) is 14.1 Å². The molecule has 10 heteroatoms. The van der Waals surface area contributed by atoms with Gasteiger partial charge in [0.25, 0.3) is 5.91 Å². The molecule has 0 fully saturated rings. The Morgan fingerprint density at radius 3 is 2.67 bits per heavy atom. The van der Waals surface area contributed by atoms with Gasteiger partial charge in [0.2, 0.25) is 0 Å². The maximum Gasteiger partial charge on any atom is 0.303 e. The van der Waals surface area contributed by atoms with Gasteiger partial charge in [0.05, 0.1) is 10.6 Å². The van der Waals surface area contributed by atoms with Gasteiger partial charge in [-0.05, 0) is 24.3 Å². The minimum absolute atomic E-state index is 0.00474. The Kier molecular flexibility index (Phi) is 5.09. The van der Waals surface area contributed by atoms with Crippen molar-refractivity contribution < 1.29 is 22.3 Å². The standard InChI is InChI=1S/C17H15ClFN3O4S/c1-22(2)27(24,25)21-17(23)11-8-12(18)16(9-13(11)19)26-15-5-3-4-14-10(15)6-7-20-14/h3-9,20H,1-2H3,(H,21,23). The first-order chi connectivity index (χ1) is 12.7. The fourth-order valence-electron chi connectivity index (χ4n) is 2.31. The lowest BCUT2D eigenvalue weighted by molar-refractivity contribution is 0.0976. The molecule has 0 bridgehead atoms. The van der Waals surface area contributed by atoms with Gasteiger partial charge in [0.1, 0.15) is 17.3 Å². The van der Waals surface area contributed by atoms with E-state index in [1.54, 1.807) is 29.1 Å². The van der Waals surface area contributed by atoms with Crippen LogP contribution < -0.4 is 9.46 Å².